The first-order valence-electron chi connectivity index (χ1n) is 7.89. The second-order valence-corrected chi connectivity index (χ2v) is 6.21. The lowest BCUT2D eigenvalue weighted by molar-refractivity contribution is 0.122. The molecule has 0 radical (unpaired) electrons. The zero-order valence-electron chi connectivity index (χ0n) is 12.8. The van der Waals surface area contributed by atoms with Crippen molar-refractivity contribution in [2.75, 3.05) is 31.2 Å². The number of hydrogen-bond donors (Lipinski definition) is 0. The topological polar surface area (TPSA) is 25.6 Å². The van der Waals surface area contributed by atoms with Gasteiger partial charge in [-0.05, 0) is 29.8 Å². The Morgan fingerprint density at radius 3 is 2.48 bits per heavy atom. The molecule has 4 heteroatoms. The van der Waals surface area contributed by atoms with Crippen molar-refractivity contribution in [2.45, 2.75) is 6.42 Å². The predicted molar refractivity (Wildman–Crippen MR) is 93.5 cm³/mol. The smallest absolute Gasteiger partial charge is 0.136 e. The lowest BCUT2D eigenvalue weighted by Crippen LogP contribution is -2.36. The summed E-state index contributed by atoms with van der Waals surface area (Å²) >= 11 is 5.99. The molecular weight excluding hydrogens is 310 g/mol. The number of anilines is 1. The number of hydrogen-bond acceptors (Lipinski definition) is 3. The highest BCUT2D eigenvalue weighted by Gasteiger charge is 2.21. The first kappa shape index (κ1) is 14.6. The van der Waals surface area contributed by atoms with E-state index in [9.17, 15) is 0 Å². The van der Waals surface area contributed by atoms with Gasteiger partial charge in [0, 0.05) is 29.9 Å². The SMILES string of the molecule is Clc1ccc(Cc2oc3ccccc3c2N2CCOCC2)cc1. The van der Waals surface area contributed by atoms with Gasteiger partial charge in [0.05, 0.1) is 18.9 Å². The lowest BCUT2D eigenvalue weighted by Gasteiger charge is -2.29. The van der Waals surface area contributed by atoms with Crippen molar-refractivity contribution in [2.24, 2.45) is 0 Å². The van der Waals surface area contributed by atoms with E-state index in [1.807, 2.05) is 24.3 Å². The van der Waals surface area contributed by atoms with Crippen LogP contribution in [0.25, 0.3) is 11.0 Å². The van der Waals surface area contributed by atoms with Crippen molar-refractivity contribution in [3.63, 3.8) is 0 Å². The van der Waals surface area contributed by atoms with E-state index in [-0.39, 0.29) is 0 Å². The molecule has 0 aliphatic carbocycles. The van der Waals surface area contributed by atoms with Gasteiger partial charge in [0.15, 0.2) is 0 Å². The summed E-state index contributed by atoms with van der Waals surface area (Å²) in [6, 6.07) is 16.2. The number of morpholine rings is 1. The Balaban J connectivity index is 1.76. The van der Waals surface area contributed by atoms with Crippen molar-refractivity contribution < 1.29 is 9.15 Å². The van der Waals surface area contributed by atoms with Gasteiger partial charge < -0.3 is 14.1 Å². The van der Waals surface area contributed by atoms with Crippen LogP contribution in [-0.2, 0) is 11.2 Å². The van der Waals surface area contributed by atoms with Crippen LogP contribution in [0.4, 0.5) is 5.69 Å². The number of fused-ring (bicyclic) bond motifs is 1. The van der Waals surface area contributed by atoms with Crippen LogP contribution in [0.2, 0.25) is 5.02 Å². The minimum atomic E-state index is 0.756. The van der Waals surface area contributed by atoms with Gasteiger partial charge in [0.25, 0.3) is 0 Å². The van der Waals surface area contributed by atoms with Crippen molar-refractivity contribution >= 4 is 28.3 Å². The minimum Gasteiger partial charge on any atom is -0.458 e. The van der Waals surface area contributed by atoms with E-state index in [0.29, 0.717) is 0 Å². The maximum atomic E-state index is 6.17. The van der Waals surface area contributed by atoms with Crippen molar-refractivity contribution in [3.8, 4) is 0 Å². The predicted octanol–water partition coefficient (Wildman–Crippen LogP) is 4.51. The molecule has 1 aliphatic rings. The van der Waals surface area contributed by atoms with Gasteiger partial charge in [-0.25, -0.2) is 0 Å². The molecule has 0 saturated carbocycles. The van der Waals surface area contributed by atoms with Gasteiger partial charge >= 0.3 is 0 Å². The van der Waals surface area contributed by atoms with Crippen molar-refractivity contribution in [1.82, 2.24) is 0 Å². The Hall–Kier alpha value is -1.97. The van der Waals surface area contributed by atoms with Crippen molar-refractivity contribution in [3.05, 3.63) is 64.9 Å². The number of halogens is 1. The molecule has 23 heavy (non-hydrogen) atoms. The van der Waals surface area contributed by atoms with Gasteiger partial charge in [0.1, 0.15) is 11.3 Å². The van der Waals surface area contributed by atoms with Crippen LogP contribution in [0.15, 0.2) is 52.9 Å². The van der Waals surface area contributed by atoms with Crippen LogP contribution >= 0.6 is 11.6 Å². The van der Waals surface area contributed by atoms with Crippen LogP contribution in [0.3, 0.4) is 0 Å². The van der Waals surface area contributed by atoms with E-state index in [0.717, 1.165) is 49.1 Å². The lowest BCUT2D eigenvalue weighted by atomic mass is 10.1. The largest absolute Gasteiger partial charge is 0.458 e. The third-order valence-corrected chi connectivity index (χ3v) is 4.50. The summed E-state index contributed by atoms with van der Waals surface area (Å²) < 4.78 is 11.7. The Morgan fingerprint density at radius 1 is 0.957 bits per heavy atom. The quantitative estimate of drug-likeness (QED) is 0.707. The molecule has 1 aromatic heterocycles. The molecule has 2 aromatic carbocycles. The van der Waals surface area contributed by atoms with Crippen LogP contribution < -0.4 is 4.90 Å². The van der Waals surface area contributed by atoms with E-state index in [1.54, 1.807) is 0 Å². The molecule has 3 aromatic rings. The van der Waals surface area contributed by atoms with Gasteiger partial charge in [-0.15, -0.1) is 0 Å². The molecule has 118 valence electrons. The van der Waals surface area contributed by atoms with E-state index in [4.69, 9.17) is 20.8 Å². The molecule has 0 amide bonds. The molecule has 0 N–H and O–H groups in total. The van der Waals surface area contributed by atoms with Gasteiger partial charge in [-0.3, -0.25) is 0 Å². The van der Waals surface area contributed by atoms with Gasteiger partial charge in [0.2, 0.25) is 0 Å². The highest BCUT2D eigenvalue weighted by molar-refractivity contribution is 6.30. The first-order valence-corrected chi connectivity index (χ1v) is 8.26. The van der Waals surface area contributed by atoms with Gasteiger partial charge in [-0.1, -0.05) is 35.9 Å². The van der Waals surface area contributed by atoms with E-state index < -0.39 is 0 Å². The number of nitrogens with zero attached hydrogens (tertiary/aromatic N) is 1. The molecule has 2 heterocycles. The second kappa shape index (κ2) is 6.26. The number of para-hydroxylation sites is 1. The summed E-state index contributed by atoms with van der Waals surface area (Å²) in [6.45, 7) is 3.33. The molecule has 0 unspecified atom stereocenters. The summed E-state index contributed by atoms with van der Waals surface area (Å²) in [4.78, 5) is 2.38. The number of benzene rings is 2. The van der Waals surface area contributed by atoms with Crippen LogP contribution in [-0.4, -0.2) is 26.3 Å². The fourth-order valence-corrected chi connectivity index (χ4v) is 3.25. The Kier molecular flexibility index (Phi) is 3.98. The standard InChI is InChI=1S/C19H18ClNO2/c20-15-7-5-14(6-8-15)13-18-19(21-9-11-22-12-10-21)16-3-1-2-4-17(16)23-18/h1-8H,9-13H2. The number of rotatable bonds is 3. The number of ether oxygens (including phenoxy) is 1. The third-order valence-electron chi connectivity index (χ3n) is 4.24. The second-order valence-electron chi connectivity index (χ2n) is 5.77. The fraction of sp³-hybridized carbons (Fsp3) is 0.263. The molecule has 3 nitrogen and oxygen atoms in total. The maximum absolute atomic E-state index is 6.17. The Bertz CT molecular complexity index is 804. The Morgan fingerprint density at radius 2 is 1.70 bits per heavy atom. The summed E-state index contributed by atoms with van der Waals surface area (Å²) in [5, 5.41) is 1.94. The summed E-state index contributed by atoms with van der Waals surface area (Å²) in [5.74, 6) is 1.01. The summed E-state index contributed by atoms with van der Waals surface area (Å²) in [5.41, 5.74) is 3.35. The highest BCUT2D eigenvalue weighted by atomic mass is 35.5. The van der Waals surface area contributed by atoms with E-state index in [2.05, 4.69) is 29.2 Å². The molecular formula is C19H18ClNO2. The average molecular weight is 328 g/mol. The first-order chi connectivity index (χ1) is 11.3. The fourth-order valence-electron chi connectivity index (χ4n) is 3.12. The molecule has 0 atom stereocenters. The summed E-state index contributed by atoms with van der Waals surface area (Å²) in [7, 11) is 0. The minimum absolute atomic E-state index is 0.756. The molecule has 1 fully saturated rings. The average Bonchev–Trinajstić information content (AvgIpc) is 2.95. The molecule has 1 aliphatic heterocycles. The van der Waals surface area contributed by atoms with Crippen molar-refractivity contribution in [1.29, 1.82) is 0 Å². The highest BCUT2D eigenvalue weighted by Crippen LogP contribution is 2.35. The van der Waals surface area contributed by atoms with Gasteiger partial charge in [-0.2, -0.15) is 0 Å². The molecule has 0 bridgehead atoms. The van der Waals surface area contributed by atoms with Crippen LogP contribution in [0.1, 0.15) is 11.3 Å². The molecule has 1 saturated heterocycles. The molecule has 0 spiro atoms. The monoisotopic (exact) mass is 327 g/mol. The zero-order chi connectivity index (χ0) is 15.6. The van der Waals surface area contributed by atoms with E-state index in [1.165, 1.54) is 16.6 Å². The number of furan rings is 1. The third kappa shape index (κ3) is 2.94. The maximum Gasteiger partial charge on any atom is 0.136 e. The summed E-state index contributed by atoms with van der Waals surface area (Å²) in [6.07, 6.45) is 0.762. The zero-order valence-corrected chi connectivity index (χ0v) is 13.6. The van der Waals surface area contributed by atoms with Crippen LogP contribution in [0.5, 0.6) is 0 Å². The van der Waals surface area contributed by atoms with Crippen LogP contribution in [0, 0.1) is 0 Å². The molecule has 4 rings (SSSR count). The normalized spacial score (nSPS) is 15.3. The Labute approximate surface area is 140 Å². The van der Waals surface area contributed by atoms with E-state index >= 15 is 0 Å².